The molecule has 0 spiro atoms. The number of sulfonamides is 1. The second-order valence-electron chi connectivity index (χ2n) is 4.31. The summed E-state index contributed by atoms with van der Waals surface area (Å²) in [5.41, 5.74) is -0.766. The van der Waals surface area contributed by atoms with Gasteiger partial charge in [0.05, 0.1) is 11.0 Å². The Balaban J connectivity index is 3.24. The zero-order valence-electron chi connectivity index (χ0n) is 10.5. The summed E-state index contributed by atoms with van der Waals surface area (Å²) in [7, 11) is -3.91. The second kappa shape index (κ2) is 5.04. The van der Waals surface area contributed by atoms with E-state index in [1.165, 1.54) is 19.1 Å². The van der Waals surface area contributed by atoms with E-state index in [0.717, 1.165) is 6.07 Å². The molecule has 0 aromatic heterocycles. The number of benzene rings is 1. The van der Waals surface area contributed by atoms with Crippen molar-refractivity contribution in [2.75, 3.05) is 0 Å². The Morgan fingerprint density at radius 3 is 2.61 bits per heavy atom. The van der Waals surface area contributed by atoms with E-state index in [1.807, 2.05) is 6.07 Å². The van der Waals surface area contributed by atoms with Gasteiger partial charge < -0.3 is 0 Å². The van der Waals surface area contributed by atoms with Crippen molar-refractivity contribution in [3.63, 3.8) is 0 Å². The maximum atomic E-state index is 13.1. The fraction of sp³-hybridized carbons (Fsp3) is 0.417. The smallest absolute Gasteiger partial charge is 0.207 e. The normalized spacial score (nSPS) is 14.8. The number of hydrogen-bond acceptors (Lipinski definition) is 3. The summed E-state index contributed by atoms with van der Waals surface area (Å²) in [6.45, 7) is 4.76. The maximum Gasteiger partial charge on any atom is 0.242 e. The summed E-state index contributed by atoms with van der Waals surface area (Å²) >= 11 is 0. The van der Waals surface area contributed by atoms with Crippen molar-refractivity contribution in [2.24, 2.45) is 0 Å². The van der Waals surface area contributed by atoms with Crippen LogP contribution in [0.3, 0.4) is 0 Å². The first kappa shape index (κ1) is 14.6. The van der Waals surface area contributed by atoms with E-state index in [9.17, 15) is 12.8 Å². The molecule has 6 heteroatoms. The van der Waals surface area contributed by atoms with Gasteiger partial charge in [-0.1, -0.05) is 13.0 Å². The van der Waals surface area contributed by atoms with E-state index in [4.69, 9.17) is 5.26 Å². The van der Waals surface area contributed by atoms with Crippen molar-refractivity contribution in [1.82, 2.24) is 4.72 Å². The molecule has 0 aliphatic carbocycles. The van der Waals surface area contributed by atoms with Crippen molar-refractivity contribution >= 4 is 10.0 Å². The molecule has 1 rings (SSSR count). The average Bonchev–Trinajstić information content (AvgIpc) is 2.31. The lowest BCUT2D eigenvalue weighted by atomic mass is 10.0. The monoisotopic (exact) mass is 270 g/mol. The van der Waals surface area contributed by atoms with E-state index in [0.29, 0.717) is 12.0 Å². The van der Waals surface area contributed by atoms with Crippen LogP contribution < -0.4 is 4.72 Å². The molecule has 1 unspecified atom stereocenters. The van der Waals surface area contributed by atoms with Crippen LogP contribution in [-0.2, 0) is 10.0 Å². The molecular formula is C12H15FN2O2S. The third kappa shape index (κ3) is 3.06. The minimum atomic E-state index is -3.91. The summed E-state index contributed by atoms with van der Waals surface area (Å²) in [6, 6.07) is 5.43. The van der Waals surface area contributed by atoms with Crippen molar-refractivity contribution in [3.05, 3.63) is 29.6 Å². The predicted octanol–water partition coefficient (Wildman–Crippen LogP) is 2.10. The van der Waals surface area contributed by atoms with Crippen LogP contribution in [0.1, 0.15) is 25.8 Å². The Morgan fingerprint density at radius 1 is 1.50 bits per heavy atom. The fourth-order valence-corrected chi connectivity index (χ4v) is 3.04. The van der Waals surface area contributed by atoms with Gasteiger partial charge in [0.15, 0.2) is 0 Å². The molecule has 98 valence electrons. The molecule has 1 N–H and O–H groups in total. The van der Waals surface area contributed by atoms with E-state index < -0.39 is 21.4 Å². The predicted molar refractivity (Wildman–Crippen MR) is 65.8 cm³/mol. The highest BCUT2D eigenvalue weighted by Gasteiger charge is 2.29. The zero-order valence-corrected chi connectivity index (χ0v) is 11.3. The minimum Gasteiger partial charge on any atom is -0.207 e. The van der Waals surface area contributed by atoms with Gasteiger partial charge in [-0.25, -0.2) is 12.8 Å². The first-order valence-electron chi connectivity index (χ1n) is 5.45. The number of rotatable bonds is 4. The topological polar surface area (TPSA) is 70.0 Å². The van der Waals surface area contributed by atoms with Crippen molar-refractivity contribution < 1.29 is 12.8 Å². The molecule has 0 heterocycles. The van der Waals surface area contributed by atoms with E-state index in [-0.39, 0.29) is 4.90 Å². The lowest BCUT2D eigenvalue weighted by molar-refractivity contribution is 0.494. The van der Waals surface area contributed by atoms with Gasteiger partial charge in [0, 0.05) is 0 Å². The molecule has 18 heavy (non-hydrogen) atoms. The Morgan fingerprint density at radius 2 is 2.11 bits per heavy atom. The lowest BCUT2D eigenvalue weighted by Gasteiger charge is -2.21. The SMILES string of the molecule is CCC(C)(C#N)NS(=O)(=O)c1cc(F)ccc1C. The Bertz CT molecular complexity index is 593. The first-order valence-corrected chi connectivity index (χ1v) is 6.94. The second-order valence-corrected chi connectivity index (χ2v) is 5.96. The molecule has 0 saturated heterocycles. The highest BCUT2D eigenvalue weighted by Crippen LogP contribution is 2.19. The molecule has 0 amide bonds. The minimum absolute atomic E-state index is 0.141. The molecule has 4 nitrogen and oxygen atoms in total. The molecular weight excluding hydrogens is 255 g/mol. The molecule has 0 fully saturated rings. The summed E-state index contributed by atoms with van der Waals surface area (Å²) < 4.78 is 39.6. The molecule has 0 bridgehead atoms. The maximum absolute atomic E-state index is 13.1. The summed E-state index contributed by atoms with van der Waals surface area (Å²) in [5.74, 6) is -0.629. The van der Waals surface area contributed by atoms with Gasteiger partial charge in [-0.05, 0) is 38.0 Å². The number of halogens is 1. The van der Waals surface area contributed by atoms with Crippen LogP contribution in [0.25, 0.3) is 0 Å². The van der Waals surface area contributed by atoms with Crippen molar-refractivity contribution in [1.29, 1.82) is 5.26 Å². The summed E-state index contributed by atoms with van der Waals surface area (Å²) in [6.07, 6.45) is 0.317. The van der Waals surface area contributed by atoms with Gasteiger partial charge in [0.1, 0.15) is 11.4 Å². The highest BCUT2D eigenvalue weighted by molar-refractivity contribution is 7.89. The van der Waals surface area contributed by atoms with Crippen LogP contribution in [-0.4, -0.2) is 14.0 Å². The van der Waals surface area contributed by atoms with Crippen LogP contribution in [0.5, 0.6) is 0 Å². The van der Waals surface area contributed by atoms with Gasteiger partial charge in [0.2, 0.25) is 10.0 Å². The van der Waals surface area contributed by atoms with Gasteiger partial charge in [-0.3, -0.25) is 0 Å². The lowest BCUT2D eigenvalue weighted by Crippen LogP contribution is -2.44. The van der Waals surface area contributed by atoms with Gasteiger partial charge in [0.25, 0.3) is 0 Å². The third-order valence-electron chi connectivity index (χ3n) is 2.75. The standard InChI is InChI=1S/C12H15FN2O2S/c1-4-12(3,8-14)15-18(16,17)11-7-10(13)6-5-9(11)2/h5-7,15H,4H2,1-3H3. The fourth-order valence-electron chi connectivity index (χ4n) is 1.39. The first-order chi connectivity index (χ1) is 8.24. The van der Waals surface area contributed by atoms with E-state index in [1.54, 1.807) is 13.8 Å². The van der Waals surface area contributed by atoms with Gasteiger partial charge >= 0.3 is 0 Å². The van der Waals surface area contributed by atoms with Crippen LogP contribution >= 0.6 is 0 Å². The van der Waals surface area contributed by atoms with Crippen LogP contribution in [0.2, 0.25) is 0 Å². The molecule has 1 atom stereocenters. The molecule has 0 radical (unpaired) electrons. The van der Waals surface area contributed by atoms with Crippen molar-refractivity contribution in [3.8, 4) is 6.07 Å². The Labute approximate surface area is 106 Å². The van der Waals surface area contributed by atoms with Crippen LogP contribution in [0.4, 0.5) is 4.39 Å². The van der Waals surface area contributed by atoms with E-state index in [2.05, 4.69) is 4.72 Å². The van der Waals surface area contributed by atoms with Crippen LogP contribution in [0, 0.1) is 24.1 Å². The number of nitriles is 1. The largest absolute Gasteiger partial charge is 0.242 e. The molecule has 0 aliphatic rings. The van der Waals surface area contributed by atoms with Crippen LogP contribution in [0.15, 0.2) is 23.1 Å². The van der Waals surface area contributed by atoms with Gasteiger partial charge in [-0.15, -0.1) is 0 Å². The number of nitrogens with one attached hydrogen (secondary N) is 1. The van der Waals surface area contributed by atoms with Gasteiger partial charge in [-0.2, -0.15) is 9.98 Å². The summed E-state index contributed by atoms with van der Waals surface area (Å²) in [4.78, 5) is -0.141. The third-order valence-corrected chi connectivity index (χ3v) is 4.49. The molecule has 0 saturated carbocycles. The Hall–Kier alpha value is -1.45. The zero-order chi connectivity index (χ0) is 14.0. The molecule has 0 aliphatic heterocycles. The highest BCUT2D eigenvalue weighted by atomic mass is 32.2. The summed E-state index contributed by atoms with van der Waals surface area (Å²) in [5, 5.41) is 8.97. The van der Waals surface area contributed by atoms with Crippen molar-refractivity contribution in [2.45, 2.75) is 37.6 Å². The number of hydrogen-bond donors (Lipinski definition) is 1. The quantitative estimate of drug-likeness (QED) is 0.910. The van der Waals surface area contributed by atoms with E-state index >= 15 is 0 Å². The average molecular weight is 270 g/mol. The number of aryl methyl sites for hydroxylation is 1. The molecule has 1 aromatic carbocycles. The molecule has 1 aromatic rings. The number of nitrogens with zero attached hydrogens (tertiary/aromatic N) is 1. The Kier molecular flexibility index (Phi) is 4.09.